The molecule has 2 aromatic carbocycles. The van der Waals surface area contributed by atoms with Crippen molar-refractivity contribution >= 4 is 35.0 Å². The van der Waals surface area contributed by atoms with Crippen molar-refractivity contribution < 1.29 is 24.0 Å². The zero-order valence-electron chi connectivity index (χ0n) is 14.7. The first-order chi connectivity index (χ1) is 12.9. The predicted molar refractivity (Wildman–Crippen MR) is 101 cm³/mol. The summed E-state index contributed by atoms with van der Waals surface area (Å²) in [6.45, 7) is 1.42. The van der Waals surface area contributed by atoms with Gasteiger partial charge < -0.3 is 14.8 Å². The molecule has 0 aliphatic carbocycles. The molecule has 0 aliphatic rings. The number of nitro groups is 1. The first kappa shape index (κ1) is 20.2. The number of thioether (sulfide) groups is 1. The molecule has 0 fully saturated rings. The number of ether oxygens (including phenoxy) is 2. The molecule has 0 aromatic heterocycles. The quantitative estimate of drug-likeness (QED) is 0.319. The standard InChI is InChI=1S/C18H18N2O6S/c1-12(26-17(21)11-27-14-6-4-3-5-7-14)18(22)19-15-10-13(20(23)24)8-9-16(15)25-2/h3-10,12H,11H2,1-2H3,(H,19,22). The molecule has 0 heterocycles. The minimum absolute atomic E-state index is 0.0573. The van der Waals surface area contributed by atoms with E-state index in [0.29, 0.717) is 0 Å². The molecule has 27 heavy (non-hydrogen) atoms. The molecule has 0 saturated heterocycles. The average Bonchev–Trinajstić information content (AvgIpc) is 2.67. The van der Waals surface area contributed by atoms with Crippen LogP contribution in [0.2, 0.25) is 0 Å². The molecule has 0 bridgehead atoms. The van der Waals surface area contributed by atoms with Gasteiger partial charge in [-0.2, -0.15) is 0 Å². The van der Waals surface area contributed by atoms with Crippen molar-refractivity contribution in [3.63, 3.8) is 0 Å². The van der Waals surface area contributed by atoms with Crippen LogP contribution in [-0.2, 0) is 14.3 Å². The third-order valence-electron chi connectivity index (χ3n) is 3.43. The Labute approximate surface area is 160 Å². The molecule has 0 aliphatic heterocycles. The van der Waals surface area contributed by atoms with Gasteiger partial charge in [0.25, 0.3) is 11.6 Å². The number of esters is 1. The number of carbonyl (C=O) groups excluding carboxylic acids is 2. The molecule has 0 saturated carbocycles. The van der Waals surface area contributed by atoms with Gasteiger partial charge in [-0.15, -0.1) is 11.8 Å². The topological polar surface area (TPSA) is 108 Å². The van der Waals surface area contributed by atoms with Crippen LogP contribution in [0.25, 0.3) is 0 Å². The summed E-state index contributed by atoms with van der Waals surface area (Å²) in [6, 6.07) is 13.1. The van der Waals surface area contributed by atoms with Gasteiger partial charge in [0, 0.05) is 17.0 Å². The number of nitrogens with zero attached hydrogens (tertiary/aromatic N) is 1. The minimum atomic E-state index is -1.07. The number of anilines is 1. The number of methoxy groups -OCH3 is 1. The van der Waals surface area contributed by atoms with Gasteiger partial charge >= 0.3 is 5.97 Å². The highest BCUT2D eigenvalue weighted by Gasteiger charge is 2.20. The molecule has 9 heteroatoms. The van der Waals surface area contributed by atoms with E-state index in [9.17, 15) is 19.7 Å². The number of hydrogen-bond acceptors (Lipinski definition) is 7. The van der Waals surface area contributed by atoms with E-state index >= 15 is 0 Å². The lowest BCUT2D eigenvalue weighted by Crippen LogP contribution is -2.30. The lowest BCUT2D eigenvalue weighted by Gasteiger charge is -2.15. The Morgan fingerprint density at radius 3 is 2.56 bits per heavy atom. The summed E-state index contributed by atoms with van der Waals surface area (Å²) in [4.78, 5) is 35.4. The molecule has 0 radical (unpaired) electrons. The molecule has 0 spiro atoms. The Kier molecular flexibility index (Phi) is 7.18. The van der Waals surface area contributed by atoms with Crippen molar-refractivity contribution in [2.24, 2.45) is 0 Å². The third kappa shape index (κ3) is 6.00. The van der Waals surface area contributed by atoms with Gasteiger partial charge in [0.15, 0.2) is 6.10 Å². The maximum Gasteiger partial charge on any atom is 0.317 e. The van der Waals surface area contributed by atoms with E-state index in [-0.39, 0.29) is 22.9 Å². The summed E-state index contributed by atoms with van der Waals surface area (Å²) in [6.07, 6.45) is -1.07. The van der Waals surface area contributed by atoms with Crippen LogP contribution in [0.5, 0.6) is 5.75 Å². The molecule has 2 rings (SSSR count). The van der Waals surface area contributed by atoms with E-state index in [4.69, 9.17) is 9.47 Å². The smallest absolute Gasteiger partial charge is 0.317 e. The van der Waals surface area contributed by atoms with Crippen LogP contribution >= 0.6 is 11.8 Å². The SMILES string of the molecule is COc1ccc([N+](=O)[O-])cc1NC(=O)C(C)OC(=O)CSc1ccccc1. The van der Waals surface area contributed by atoms with Crippen LogP contribution in [-0.4, -0.2) is 35.8 Å². The van der Waals surface area contributed by atoms with E-state index in [0.717, 1.165) is 4.90 Å². The lowest BCUT2D eigenvalue weighted by atomic mass is 10.2. The van der Waals surface area contributed by atoms with Gasteiger partial charge in [0.05, 0.1) is 23.5 Å². The Morgan fingerprint density at radius 1 is 1.22 bits per heavy atom. The number of hydrogen-bond donors (Lipinski definition) is 1. The predicted octanol–water partition coefficient (Wildman–Crippen LogP) is 3.27. The van der Waals surface area contributed by atoms with Gasteiger partial charge in [-0.25, -0.2) is 0 Å². The minimum Gasteiger partial charge on any atom is -0.495 e. The first-order valence-corrected chi connectivity index (χ1v) is 8.90. The Morgan fingerprint density at radius 2 is 1.93 bits per heavy atom. The van der Waals surface area contributed by atoms with E-state index in [1.807, 2.05) is 30.3 Å². The highest BCUT2D eigenvalue weighted by molar-refractivity contribution is 8.00. The summed E-state index contributed by atoms with van der Waals surface area (Å²) in [5.41, 5.74) is -0.0757. The Hall–Kier alpha value is -3.07. The van der Waals surface area contributed by atoms with Gasteiger partial charge in [-0.3, -0.25) is 19.7 Å². The summed E-state index contributed by atoms with van der Waals surface area (Å²) in [5.74, 6) is -0.849. The molecule has 142 valence electrons. The van der Waals surface area contributed by atoms with Crippen LogP contribution in [0.15, 0.2) is 53.4 Å². The van der Waals surface area contributed by atoms with Gasteiger partial charge in [-0.05, 0) is 25.1 Å². The van der Waals surface area contributed by atoms with E-state index in [2.05, 4.69) is 5.32 Å². The number of nitro benzene ring substituents is 1. The largest absolute Gasteiger partial charge is 0.495 e. The summed E-state index contributed by atoms with van der Waals surface area (Å²) in [7, 11) is 1.38. The second kappa shape index (κ2) is 9.58. The highest BCUT2D eigenvalue weighted by Crippen LogP contribution is 2.29. The van der Waals surface area contributed by atoms with Crippen molar-refractivity contribution in [3.8, 4) is 5.75 Å². The number of non-ortho nitro benzene ring substituents is 1. The fourth-order valence-corrected chi connectivity index (χ4v) is 2.79. The number of amides is 1. The number of nitrogens with one attached hydrogen (secondary N) is 1. The molecule has 1 amide bonds. The van der Waals surface area contributed by atoms with E-state index in [1.54, 1.807) is 0 Å². The third-order valence-corrected chi connectivity index (χ3v) is 4.41. The van der Waals surface area contributed by atoms with Crippen molar-refractivity contribution in [3.05, 3.63) is 58.6 Å². The lowest BCUT2D eigenvalue weighted by molar-refractivity contribution is -0.384. The van der Waals surface area contributed by atoms with Crippen molar-refractivity contribution in [1.29, 1.82) is 0 Å². The van der Waals surface area contributed by atoms with Gasteiger partial charge in [0.1, 0.15) is 5.75 Å². The van der Waals surface area contributed by atoms with Gasteiger partial charge in [-0.1, -0.05) is 18.2 Å². The number of benzene rings is 2. The number of carbonyl (C=O) groups is 2. The summed E-state index contributed by atoms with van der Waals surface area (Å²) < 4.78 is 10.2. The average molecular weight is 390 g/mol. The first-order valence-electron chi connectivity index (χ1n) is 7.91. The second-order valence-electron chi connectivity index (χ2n) is 5.36. The molecule has 8 nitrogen and oxygen atoms in total. The second-order valence-corrected chi connectivity index (χ2v) is 6.41. The van der Waals surface area contributed by atoms with E-state index < -0.39 is 22.9 Å². The zero-order chi connectivity index (χ0) is 19.8. The maximum absolute atomic E-state index is 12.3. The van der Waals surface area contributed by atoms with Crippen LogP contribution in [0.3, 0.4) is 0 Å². The Balaban J connectivity index is 1.94. The normalized spacial score (nSPS) is 11.3. The van der Waals surface area contributed by atoms with Gasteiger partial charge in [0.2, 0.25) is 0 Å². The van der Waals surface area contributed by atoms with Crippen molar-refractivity contribution in [1.82, 2.24) is 0 Å². The zero-order valence-corrected chi connectivity index (χ0v) is 15.5. The highest BCUT2D eigenvalue weighted by atomic mass is 32.2. The molecule has 1 N–H and O–H groups in total. The summed E-state index contributed by atoms with van der Waals surface area (Å²) in [5, 5.41) is 13.4. The van der Waals surface area contributed by atoms with Crippen molar-refractivity contribution in [2.45, 2.75) is 17.9 Å². The molecular formula is C18H18N2O6S. The van der Waals surface area contributed by atoms with Crippen molar-refractivity contribution in [2.75, 3.05) is 18.2 Å². The number of rotatable bonds is 8. The summed E-state index contributed by atoms with van der Waals surface area (Å²) >= 11 is 1.30. The maximum atomic E-state index is 12.3. The fourth-order valence-electron chi connectivity index (χ4n) is 2.09. The molecule has 1 atom stereocenters. The van der Waals surface area contributed by atoms with Crippen LogP contribution in [0, 0.1) is 10.1 Å². The Bertz CT molecular complexity index is 828. The van der Waals surface area contributed by atoms with Crippen LogP contribution < -0.4 is 10.1 Å². The molecular weight excluding hydrogens is 372 g/mol. The fraction of sp³-hybridized carbons (Fsp3) is 0.222. The van der Waals surface area contributed by atoms with Crippen LogP contribution in [0.1, 0.15) is 6.92 Å². The van der Waals surface area contributed by atoms with E-state index in [1.165, 1.54) is 44.0 Å². The molecule has 2 aromatic rings. The molecule has 1 unspecified atom stereocenters. The monoisotopic (exact) mass is 390 g/mol. The van der Waals surface area contributed by atoms with Crippen LogP contribution in [0.4, 0.5) is 11.4 Å².